The van der Waals surface area contributed by atoms with Gasteiger partial charge >= 0.3 is 0 Å². The van der Waals surface area contributed by atoms with Crippen molar-refractivity contribution in [2.75, 3.05) is 5.32 Å². The second-order valence-corrected chi connectivity index (χ2v) is 3.87. The van der Waals surface area contributed by atoms with Gasteiger partial charge < -0.3 is 5.32 Å². The van der Waals surface area contributed by atoms with Gasteiger partial charge in [-0.1, -0.05) is 20.3 Å². The van der Waals surface area contributed by atoms with Crippen LogP contribution in [0.4, 0.5) is 5.69 Å². The number of nitrogens with zero attached hydrogens (tertiary/aromatic N) is 2. The number of H-pyrrole nitrogens is 1. The molecule has 0 unspecified atom stereocenters. The number of hydrogen-bond acceptors (Lipinski definition) is 3. The van der Waals surface area contributed by atoms with Crippen LogP contribution in [0.5, 0.6) is 0 Å². The van der Waals surface area contributed by atoms with Crippen LogP contribution < -0.4 is 5.32 Å². The molecule has 0 aromatic carbocycles. The summed E-state index contributed by atoms with van der Waals surface area (Å²) in [6, 6.07) is 3.57. The molecule has 0 atom stereocenters. The average Bonchev–Trinajstić information content (AvgIpc) is 2.83. The predicted molar refractivity (Wildman–Crippen MR) is 71.5 cm³/mol. The number of hydrogen-bond donors (Lipinski definition) is 2. The molecule has 2 heterocycles. The topological polar surface area (TPSA) is 70.7 Å². The summed E-state index contributed by atoms with van der Waals surface area (Å²) in [5, 5.41) is 9.01. The summed E-state index contributed by atoms with van der Waals surface area (Å²) in [4.78, 5) is 15.6. The SMILES string of the molecule is CCC.Cc1ccnc(C(=O)Nc2cn[nH]c2)c1. The van der Waals surface area contributed by atoms with Gasteiger partial charge in [0.25, 0.3) is 5.91 Å². The highest BCUT2D eigenvalue weighted by atomic mass is 16.1. The molecular weight excluding hydrogens is 228 g/mol. The van der Waals surface area contributed by atoms with Crippen LogP contribution in [0.2, 0.25) is 0 Å². The van der Waals surface area contributed by atoms with Gasteiger partial charge in [0, 0.05) is 12.4 Å². The summed E-state index contributed by atoms with van der Waals surface area (Å²) < 4.78 is 0. The fraction of sp³-hybridized carbons (Fsp3) is 0.308. The van der Waals surface area contributed by atoms with E-state index >= 15 is 0 Å². The molecule has 5 heteroatoms. The number of aryl methyl sites for hydroxylation is 1. The standard InChI is InChI=1S/C10H10N4O.C3H8/c1-7-2-3-11-9(4-7)10(15)14-8-5-12-13-6-8;1-3-2/h2-6H,1H3,(H,12,13)(H,14,15);3H2,1-2H3. The molecule has 2 N–H and O–H groups in total. The number of nitrogens with one attached hydrogen (secondary N) is 2. The van der Waals surface area contributed by atoms with Gasteiger partial charge in [-0.25, -0.2) is 0 Å². The minimum absolute atomic E-state index is 0.236. The highest BCUT2D eigenvalue weighted by Crippen LogP contribution is 2.05. The maximum Gasteiger partial charge on any atom is 0.274 e. The Hall–Kier alpha value is -2.17. The first-order valence-corrected chi connectivity index (χ1v) is 5.90. The van der Waals surface area contributed by atoms with Gasteiger partial charge in [-0.2, -0.15) is 5.10 Å². The summed E-state index contributed by atoms with van der Waals surface area (Å²) in [5.74, 6) is -0.236. The number of carbonyl (C=O) groups is 1. The van der Waals surface area contributed by atoms with Gasteiger partial charge in [-0.15, -0.1) is 0 Å². The third kappa shape index (κ3) is 4.37. The van der Waals surface area contributed by atoms with Crippen molar-refractivity contribution >= 4 is 11.6 Å². The van der Waals surface area contributed by atoms with Crippen molar-refractivity contribution in [3.63, 3.8) is 0 Å². The molecule has 2 aromatic heterocycles. The molecule has 0 saturated heterocycles. The first kappa shape index (κ1) is 13.9. The van der Waals surface area contributed by atoms with Crippen LogP contribution in [0.25, 0.3) is 0 Å². The summed E-state index contributed by atoms with van der Waals surface area (Å²) in [6.45, 7) is 6.16. The molecular formula is C13H18N4O. The highest BCUT2D eigenvalue weighted by Gasteiger charge is 2.07. The molecule has 0 bridgehead atoms. The normalized spacial score (nSPS) is 9.28. The summed E-state index contributed by atoms with van der Waals surface area (Å²) >= 11 is 0. The summed E-state index contributed by atoms with van der Waals surface area (Å²) in [6.07, 6.45) is 6.00. The van der Waals surface area contributed by atoms with Crippen molar-refractivity contribution in [1.82, 2.24) is 15.2 Å². The number of aromatic amines is 1. The Bertz CT molecular complexity index is 479. The molecule has 18 heavy (non-hydrogen) atoms. The van der Waals surface area contributed by atoms with Crippen LogP contribution in [-0.4, -0.2) is 21.1 Å². The van der Waals surface area contributed by atoms with E-state index in [0.717, 1.165) is 5.56 Å². The van der Waals surface area contributed by atoms with E-state index in [4.69, 9.17) is 0 Å². The van der Waals surface area contributed by atoms with Crippen molar-refractivity contribution in [1.29, 1.82) is 0 Å². The fourth-order valence-electron chi connectivity index (χ4n) is 1.17. The Balaban J connectivity index is 0.000000492. The molecule has 2 aromatic rings. The van der Waals surface area contributed by atoms with Gasteiger partial charge in [-0.3, -0.25) is 14.9 Å². The Morgan fingerprint density at radius 1 is 1.44 bits per heavy atom. The summed E-state index contributed by atoms with van der Waals surface area (Å²) in [7, 11) is 0. The molecule has 0 spiro atoms. The first-order valence-electron chi connectivity index (χ1n) is 5.90. The monoisotopic (exact) mass is 246 g/mol. The lowest BCUT2D eigenvalue weighted by molar-refractivity contribution is 0.102. The predicted octanol–water partition coefficient (Wildman–Crippen LogP) is 2.78. The van der Waals surface area contributed by atoms with Crippen LogP contribution in [0.15, 0.2) is 30.7 Å². The number of pyridine rings is 1. The van der Waals surface area contributed by atoms with Crippen LogP contribution >= 0.6 is 0 Å². The lowest BCUT2D eigenvalue weighted by atomic mass is 10.2. The van der Waals surface area contributed by atoms with E-state index in [2.05, 4.69) is 34.3 Å². The van der Waals surface area contributed by atoms with E-state index in [1.807, 2.05) is 13.0 Å². The number of rotatable bonds is 2. The molecule has 5 nitrogen and oxygen atoms in total. The molecule has 2 rings (SSSR count). The number of aromatic nitrogens is 3. The quantitative estimate of drug-likeness (QED) is 0.856. The van der Waals surface area contributed by atoms with Gasteiger partial charge in [0.1, 0.15) is 5.69 Å². The summed E-state index contributed by atoms with van der Waals surface area (Å²) in [5.41, 5.74) is 2.03. The molecule has 96 valence electrons. The van der Waals surface area contributed by atoms with E-state index in [9.17, 15) is 4.79 Å². The van der Waals surface area contributed by atoms with Crippen molar-refractivity contribution in [2.24, 2.45) is 0 Å². The van der Waals surface area contributed by atoms with Gasteiger partial charge in [0.15, 0.2) is 0 Å². The van der Waals surface area contributed by atoms with Crippen molar-refractivity contribution < 1.29 is 4.79 Å². The van der Waals surface area contributed by atoms with Crippen LogP contribution in [0.1, 0.15) is 36.3 Å². The van der Waals surface area contributed by atoms with Crippen LogP contribution in [0.3, 0.4) is 0 Å². The zero-order chi connectivity index (χ0) is 13.4. The fourth-order valence-corrected chi connectivity index (χ4v) is 1.17. The van der Waals surface area contributed by atoms with Crippen LogP contribution in [-0.2, 0) is 0 Å². The molecule has 0 saturated carbocycles. The van der Waals surface area contributed by atoms with Crippen molar-refractivity contribution in [3.05, 3.63) is 42.0 Å². The first-order chi connectivity index (χ1) is 8.67. The Kier molecular flexibility index (Phi) is 5.57. The minimum Gasteiger partial charge on any atom is -0.318 e. The van der Waals surface area contributed by atoms with E-state index in [1.54, 1.807) is 18.5 Å². The maximum atomic E-state index is 11.6. The van der Waals surface area contributed by atoms with Crippen molar-refractivity contribution in [2.45, 2.75) is 27.2 Å². The molecule has 0 fully saturated rings. The lowest BCUT2D eigenvalue weighted by Gasteiger charge is -2.01. The second kappa shape index (κ2) is 7.21. The lowest BCUT2D eigenvalue weighted by Crippen LogP contribution is -2.13. The molecule has 0 aliphatic carbocycles. The second-order valence-electron chi connectivity index (χ2n) is 3.87. The zero-order valence-electron chi connectivity index (χ0n) is 10.9. The average molecular weight is 246 g/mol. The molecule has 1 amide bonds. The van der Waals surface area contributed by atoms with E-state index in [0.29, 0.717) is 11.4 Å². The van der Waals surface area contributed by atoms with Gasteiger partial charge in [0.05, 0.1) is 11.9 Å². The van der Waals surface area contributed by atoms with Crippen molar-refractivity contribution in [3.8, 4) is 0 Å². The minimum atomic E-state index is -0.236. The maximum absolute atomic E-state index is 11.6. The number of carbonyl (C=O) groups excluding carboxylic acids is 1. The van der Waals surface area contributed by atoms with E-state index in [1.165, 1.54) is 12.6 Å². The Labute approximate surface area is 107 Å². The third-order valence-electron chi connectivity index (χ3n) is 1.90. The van der Waals surface area contributed by atoms with E-state index < -0.39 is 0 Å². The molecule has 0 aliphatic rings. The van der Waals surface area contributed by atoms with E-state index in [-0.39, 0.29) is 5.91 Å². The number of amides is 1. The highest BCUT2D eigenvalue weighted by molar-refractivity contribution is 6.02. The zero-order valence-corrected chi connectivity index (χ0v) is 10.9. The Morgan fingerprint density at radius 2 is 2.17 bits per heavy atom. The smallest absolute Gasteiger partial charge is 0.274 e. The molecule has 0 aliphatic heterocycles. The van der Waals surface area contributed by atoms with Gasteiger partial charge in [0.2, 0.25) is 0 Å². The largest absolute Gasteiger partial charge is 0.318 e. The Morgan fingerprint density at radius 3 is 2.72 bits per heavy atom. The van der Waals surface area contributed by atoms with Crippen LogP contribution in [0, 0.1) is 6.92 Å². The molecule has 0 radical (unpaired) electrons. The number of anilines is 1. The third-order valence-corrected chi connectivity index (χ3v) is 1.90. The van der Waals surface area contributed by atoms with Gasteiger partial charge in [-0.05, 0) is 24.6 Å².